The van der Waals surface area contributed by atoms with E-state index >= 15 is 0 Å². The third-order valence-corrected chi connectivity index (χ3v) is 4.49. The normalized spacial score (nSPS) is 10.6. The molecular weight excluding hydrogens is 346 g/mol. The Labute approximate surface area is 154 Å². The molecule has 132 valence electrons. The van der Waals surface area contributed by atoms with E-state index in [1.165, 1.54) is 0 Å². The number of amides is 1. The maximum absolute atomic E-state index is 12.4. The fraction of sp³-hybridized carbons (Fsp3) is 0.167. The summed E-state index contributed by atoms with van der Waals surface area (Å²) in [7, 11) is 2.62. The van der Waals surface area contributed by atoms with Gasteiger partial charge in [0.25, 0.3) is 5.91 Å². The van der Waals surface area contributed by atoms with Gasteiger partial charge in [-0.25, -0.2) is 4.98 Å². The molecule has 3 N–H and O–H groups in total. The highest BCUT2D eigenvalue weighted by Crippen LogP contribution is 2.15. The number of carbonyl (C=O) groups excluding carboxylic acids is 1. The van der Waals surface area contributed by atoms with Crippen molar-refractivity contribution in [1.29, 1.82) is 0 Å². The van der Waals surface area contributed by atoms with E-state index in [4.69, 9.17) is 0 Å². The monoisotopic (exact) mass is 366 g/mol. The van der Waals surface area contributed by atoms with Crippen LogP contribution in [0.4, 0.5) is 5.69 Å². The molecule has 0 saturated heterocycles. The highest BCUT2D eigenvalue weighted by molar-refractivity contribution is 7.27. The van der Waals surface area contributed by atoms with E-state index in [0.29, 0.717) is 11.5 Å². The predicted octanol–water partition coefficient (Wildman–Crippen LogP) is 1.61. The molecule has 2 aromatic carbocycles. The predicted molar refractivity (Wildman–Crippen MR) is 108 cm³/mol. The van der Waals surface area contributed by atoms with Crippen molar-refractivity contribution in [2.75, 3.05) is 5.32 Å². The van der Waals surface area contributed by atoms with Crippen LogP contribution in [0.3, 0.4) is 0 Å². The number of carbonyl (C=O) groups is 1. The standard InChI is InChI=1S/C18H20BN4O2P/c1-3-11-4-7-13(10-15(11)19(2)25)20-18(24)17-21-16(22-23-17)12-5-8-14(26)9-6-12/h4-10,25H,3,26H2,1-2H3,(H,20,24)(H,21,22,23). The Morgan fingerprint density at radius 2 is 2.00 bits per heavy atom. The lowest BCUT2D eigenvalue weighted by molar-refractivity contribution is 0.101. The number of aromatic amines is 1. The van der Waals surface area contributed by atoms with E-state index in [2.05, 4.69) is 29.7 Å². The van der Waals surface area contributed by atoms with Crippen molar-refractivity contribution >= 4 is 38.5 Å². The molecule has 0 saturated carbocycles. The van der Waals surface area contributed by atoms with E-state index < -0.39 is 6.92 Å². The van der Waals surface area contributed by atoms with E-state index in [-0.39, 0.29) is 11.7 Å². The summed E-state index contributed by atoms with van der Waals surface area (Å²) >= 11 is 0. The number of rotatable bonds is 5. The summed E-state index contributed by atoms with van der Waals surface area (Å²) in [6.07, 6.45) is 0.814. The largest absolute Gasteiger partial charge is 0.446 e. The number of hydrogen-bond donors (Lipinski definition) is 3. The first kappa shape index (κ1) is 18.3. The van der Waals surface area contributed by atoms with Gasteiger partial charge in [-0.3, -0.25) is 9.89 Å². The quantitative estimate of drug-likeness (QED) is 0.473. The molecule has 6 nitrogen and oxygen atoms in total. The van der Waals surface area contributed by atoms with E-state index in [9.17, 15) is 9.82 Å². The van der Waals surface area contributed by atoms with Crippen molar-refractivity contribution in [3.63, 3.8) is 0 Å². The smallest absolute Gasteiger partial charge is 0.320 e. The minimum absolute atomic E-state index is 0.133. The zero-order valence-electron chi connectivity index (χ0n) is 14.7. The summed E-state index contributed by atoms with van der Waals surface area (Å²) in [5.41, 5.74) is 3.29. The molecule has 0 aliphatic heterocycles. The number of H-pyrrole nitrogens is 1. The van der Waals surface area contributed by atoms with Crippen LogP contribution >= 0.6 is 9.24 Å². The first-order chi connectivity index (χ1) is 12.5. The van der Waals surface area contributed by atoms with Crippen LogP contribution < -0.4 is 16.1 Å². The minimum atomic E-state index is -0.599. The highest BCUT2D eigenvalue weighted by atomic mass is 31.0. The van der Waals surface area contributed by atoms with Gasteiger partial charge in [0.05, 0.1) is 0 Å². The molecule has 0 bridgehead atoms. The summed E-state index contributed by atoms with van der Waals surface area (Å²) < 4.78 is 0. The Morgan fingerprint density at radius 3 is 2.65 bits per heavy atom. The van der Waals surface area contributed by atoms with Crippen LogP contribution in [0.1, 0.15) is 23.1 Å². The third-order valence-electron chi connectivity index (χ3n) is 4.10. The lowest BCUT2D eigenvalue weighted by Crippen LogP contribution is -2.30. The second-order valence-electron chi connectivity index (χ2n) is 6.03. The molecule has 1 amide bonds. The van der Waals surface area contributed by atoms with Gasteiger partial charge in [-0.15, -0.1) is 9.24 Å². The van der Waals surface area contributed by atoms with Crippen LogP contribution in [0.25, 0.3) is 11.4 Å². The van der Waals surface area contributed by atoms with Gasteiger partial charge in [0.2, 0.25) is 5.82 Å². The van der Waals surface area contributed by atoms with Crippen LogP contribution in [0, 0.1) is 0 Å². The Balaban J connectivity index is 1.78. The van der Waals surface area contributed by atoms with Gasteiger partial charge in [0, 0.05) is 11.3 Å². The highest BCUT2D eigenvalue weighted by Gasteiger charge is 2.16. The molecule has 0 radical (unpaired) electrons. The van der Waals surface area contributed by atoms with Crippen molar-refractivity contribution in [2.45, 2.75) is 20.2 Å². The molecule has 0 aliphatic carbocycles. The van der Waals surface area contributed by atoms with Gasteiger partial charge in [-0.1, -0.05) is 49.6 Å². The number of hydrogen-bond acceptors (Lipinski definition) is 4. The lowest BCUT2D eigenvalue weighted by atomic mass is 9.62. The summed E-state index contributed by atoms with van der Waals surface area (Å²) in [6, 6.07) is 13.2. The molecule has 26 heavy (non-hydrogen) atoms. The zero-order valence-corrected chi connectivity index (χ0v) is 15.8. The summed E-state index contributed by atoms with van der Waals surface area (Å²) in [6.45, 7) is 3.14. The topological polar surface area (TPSA) is 90.9 Å². The van der Waals surface area contributed by atoms with E-state index in [1.54, 1.807) is 12.9 Å². The Kier molecular flexibility index (Phi) is 5.50. The number of nitrogens with one attached hydrogen (secondary N) is 2. The second-order valence-corrected chi connectivity index (χ2v) is 6.69. The molecule has 8 heteroatoms. The van der Waals surface area contributed by atoms with Crippen molar-refractivity contribution in [2.24, 2.45) is 0 Å². The maximum Gasteiger partial charge on any atom is 0.320 e. The van der Waals surface area contributed by atoms with Crippen molar-refractivity contribution in [1.82, 2.24) is 15.2 Å². The number of benzene rings is 2. The molecule has 1 atom stereocenters. The van der Waals surface area contributed by atoms with Crippen LogP contribution in [0.5, 0.6) is 0 Å². The minimum Gasteiger partial charge on any atom is -0.446 e. The fourth-order valence-corrected chi connectivity index (χ4v) is 2.89. The number of aryl methyl sites for hydroxylation is 1. The second kappa shape index (κ2) is 7.81. The van der Waals surface area contributed by atoms with Crippen molar-refractivity contribution in [3.05, 3.63) is 53.9 Å². The molecule has 1 heterocycles. The van der Waals surface area contributed by atoms with Gasteiger partial charge < -0.3 is 10.3 Å². The van der Waals surface area contributed by atoms with Crippen LogP contribution in [0.2, 0.25) is 6.82 Å². The maximum atomic E-state index is 12.4. The van der Waals surface area contributed by atoms with Gasteiger partial charge >= 0.3 is 6.92 Å². The van der Waals surface area contributed by atoms with Crippen molar-refractivity contribution in [3.8, 4) is 11.4 Å². The third kappa shape index (κ3) is 4.01. The summed E-state index contributed by atoms with van der Waals surface area (Å²) in [5.74, 6) is 0.214. The average molecular weight is 366 g/mol. The Bertz CT molecular complexity index is 925. The average Bonchev–Trinajstić information content (AvgIpc) is 3.12. The van der Waals surface area contributed by atoms with E-state index in [1.807, 2.05) is 43.3 Å². The van der Waals surface area contributed by atoms with E-state index in [0.717, 1.165) is 28.3 Å². The first-order valence-electron chi connectivity index (χ1n) is 8.38. The van der Waals surface area contributed by atoms with Crippen LogP contribution in [-0.2, 0) is 6.42 Å². The summed E-state index contributed by atoms with van der Waals surface area (Å²) in [4.78, 5) is 16.7. The van der Waals surface area contributed by atoms with Crippen LogP contribution in [0.15, 0.2) is 42.5 Å². The SMILES string of the molecule is CCc1ccc(NC(=O)c2nc(-c3ccc(P)cc3)n[nH]2)cc1B(C)O. The summed E-state index contributed by atoms with van der Waals surface area (Å²) in [5, 5.41) is 20.6. The molecule has 1 aromatic heterocycles. The zero-order chi connectivity index (χ0) is 18.7. The molecule has 0 spiro atoms. The van der Waals surface area contributed by atoms with Gasteiger partial charge in [0.15, 0.2) is 5.82 Å². The molecule has 3 rings (SSSR count). The van der Waals surface area contributed by atoms with Gasteiger partial charge in [-0.05, 0) is 29.3 Å². The molecule has 1 unspecified atom stereocenters. The van der Waals surface area contributed by atoms with Gasteiger partial charge in [0.1, 0.15) is 0 Å². The van der Waals surface area contributed by atoms with Crippen LogP contribution in [-0.4, -0.2) is 33.0 Å². The first-order valence-corrected chi connectivity index (χ1v) is 8.96. The Morgan fingerprint density at radius 1 is 1.27 bits per heavy atom. The number of nitrogens with zero attached hydrogens (tertiary/aromatic N) is 2. The molecule has 0 aliphatic rings. The number of aromatic nitrogens is 3. The molecular formula is C18H20BN4O2P. The Hall–Kier alpha value is -2.50. The molecule has 3 aromatic rings. The van der Waals surface area contributed by atoms with Crippen molar-refractivity contribution < 1.29 is 9.82 Å². The van der Waals surface area contributed by atoms with Gasteiger partial charge in [-0.2, -0.15) is 5.10 Å². The fourth-order valence-electron chi connectivity index (χ4n) is 2.70. The number of anilines is 1. The molecule has 0 fully saturated rings. The lowest BCUT2D eigenvalue weighted by Gasteiger charge is -2.11.